The third-order valence-corrected chi connectivity index (χ3v) is 9.29. The van der Waals surface area contributed by atoms with Gasteiger partial charge >= 0.3 is 0 Å². The van der Waals surface area contributed by atoms with Crippen LogP contribution in [0.5, 0.6) is 23.0 Å². The van der Waals surface area contributed by atoms with Gasteiger partial charge in [-0.3, -0.25) is 14.4 Å². The summed E-state index contributed by atoms with van der Waals surface area (Å²) in [6.45, 7) is 2.57. The van der Waals surface area contributed by atoms with E-state index >= 15 is 0 Å². The van der Waals surface area contributed by atoms with Crippen molar-refractivity contribution in [1.82, 2.24) is 15.1 Å². The van der Waals surface area contributed by atoms with E-state index in [1.165, 1.54) is 0 Å². The summed E-state index contributed by atoms with van der Waals surface area (Å²) in [5, 5.41) is 3.06. The summed E-state index contributed by atoms with van der Waals surface area (Å²) >= 11 is 0. The number of aryl methyl sites for hydroxylation is 2. The highest BCUT2D eigenvalue weighted by molar-refractivity contribution is 5.95. The first kappa shape index (κ1) is 29.1. The van der Waals surface area contributed by atoms with E-state index in [4.69, 9.17) is 18.9 Å². The number of methoxy groups -OCH3 is 2. The summed E-state index contributed by atoms with van der Waals surface area (Å²) in [5.41, 5.74) is 2.63. The number of benzene rings is 2. The van der Waals surface area contributed by atoms with E-state index in [1.54, 1.807) is 32.4 Å². The smallest absolute Gasteiger partial charge is 0.254 e. The van der Waals surface area contributed by atoms with Crippen molar-refractivity contribution in [2.24, 2.45) is 11.8 Å². The zero-order valence-corrected chi connectivity index (χ0v) is 25.1. The normalized spacial score (nSPS) is 24.2. The largest absolute Gasteiger partial charge is 0.493 e. The fraction of sp³-hybridized carbons (Fsp3) is 0.545. The van der Waals surface area contributed by atoms with Crippen LogP contribution in [0.3, 0.4) is 0 Å². The van der Waals surface area contributed by atoms with Crippen molar-refractivity contribution in [2.75, 3.05) is 47.2 Å². The Morgan fingerprint density at radius 1 is 0.930 bits per heavy atom. The molecular formula is C33H41N3O7. The molecule has 2 aromatic carbocycles. The minimum atomic E-state index is -0.0235. The molecule has 2 aromatic rings. The molecule has 4 aliphatic heterocycles. The van der Waals surface area contributed by atoms with Crippen LogP contribution >= 0.6 is 0 Å². The van der Waals surface area contributed by atoms with Gasteiger partial charge in [-0.05, 0) is 85.8 Å². The molecule has 4 bridgehead atoms. The number of amides is 3. The van der Waals surface area contributed by atoms with Crippen LogP contribution in [0.1, 0.15) is 60.0 Å². The van der Waals surface area contributed by atoms with Crippen molar-refractivity contribution >= 4 is 17.7 Å². The first-order chi connectivity index (χ1) is 20.9. The number of carbonyl (C=O) groups excluding carboxylic acids is 3. The zero-order valence-electron chi connectivity index (χ0n) is 25.1. The standard InChI is InChI=1S/C33H41N3O7/c1-40-29-15-21-8-11-31(38)36-18-22-14-25(19-35(17-22)33(39)24-9-10-27-28(16-24)43-20-42-27)26(36)6-3-7-30(37)34-12-4-5-23(13-21)32(29)41-2/h9-10,13,15-16,22,25-26H,3-8,11-12,14,17-20H2,1-2H3,(H,34,37)/t22-,25+,26-/m0/s1. The molecule has 6 rings (SSSR count). The molecule has 0 unspecified atom stereocenters. The van der Waals surface area contributed by atoms with Crippen molar-refractivity contribution < 1.29 is 33.3 Å². The SMILES string of the molecule is COc1cc2cc(c1OC)CCCNC(=O)CCC[C@H]1[C@@H]3C[C@@H](CN(C(=O)c4ccc5c(c4)OCO5)C3)CN1C(=O)CC2. The molecule has 10 nitrogen and oxygen atoms in total. The van der Waals surface area contributed by atoms with Gasteiger partial charge in [-0.15, -0.1) is 0 Å². The number of likely N-dealkylation sites (tertiary alicyclic amines) is 1. The number of carbonyl (C=O) groups is 3. The number of ether oxygens (including phenoxy) is 4. The quantitative estimate of drug-likeness (QED) is 0.582. The molecule has 3 atom stereocenters. The summed E-state index contributed by atoms with van der Waals surface area (Å²) in [4.78, 5) is 44.1. The van der Waals surface area contributed by atoms with Gasteiger partial charge in [0.2, 0.25) is 18.6 Å². The minimum absolute atomic E-state index is 0.0159. The second-order valence-corrected chi connectivity index (χ2v) is 12.1. The molecule has 0 aromatic heterocycles. The van der Waals surface area contributed by atoms with Crippen molar-refractivity contribution in [3.63, 3.8) is 0 Å². The van der Waals surface area contributed by atoms with Crippen LogP contribution < -0.4 is 24.3 Å². The van der Waals surface area contributed by atoms with Gasteiger partial charge in [0.05, 0.1) is 14.2 Å². The van der Waals surface area contributed by atoms with E-state index in [9.17, 15) is 14.4 Å². The Hall–Kier alpha value is -3.95. The van der Waals surface area contributed by atoms with Crippen LogP contribution in [0.15, 0.2) is 30.3 Å². The van der Waals surface area contributed by atoms with E-state index < -0.39 is 0 Å². The van der Waals surface area contributed by atoms with Crippen LogP contribution in [0.4, 0.5) is 0 Å². The predicted octanol–water partition coefficient (Wildman–Crippen LogP) is 3.59. The summed E-state index contributed by atoms with van der Waals surface area (Å²) in [5.74, 6) is 3.10. The molecule has 3 amide bonds. The van der Waals surface area contributed by atoms with Gasteiger partial charge in [0.15, 0.2) is 23.0 Å². The number of hydrogen-bond acceptors (Lipinski definition) is 7. The highest BCUT2D eigenvalue weighted by Crippen LogP contribution is 2.38. The lowest BCUT2D eigenvalue weighted by atomic mass is 9.77. The Bertz CT molecular complexity index is 1380. The van der Waals surface area contributed by atoms with Crippen molar-refractivity contribution in [3.8, 4) is 23.0 Å². The lowest BCUT2D eigenvalue weighted by molar-refractivity contribution is -0.140. The molecule has 1 N–H and O–H groups in total. The molecule has 0 radical (unpaired) electrons. The van der Waals surface area contributed by atoms with Gasteiger partial charge in [-0.2, -0.15) is 0 Å². The maximum absolute atomic E-state index is 13.8. The number of nitrogens with one attached hydrogen (secondary N) is 1. The predicted molar refractivity (Wildman–Crippen MR) is 159 cm³/mol. The van der Waals surface area contributed by atoms with Crippen molar-refractivity contribution in [2.45, 2.75) is 57.4 Å². The second kappa shape index (κ2) is 12.7. The molecular weight excluding hydrogens is 550 g/mol. The van der Waals surface area contributed by atoms with Crippen LogP contribution in [0, 0.1) is 11.8 Å². The average molecular weight is 592 g/mol. The summed E-state index contributed by atoms with van der Waals surface area (Å²) in [6, 6.07) is 9.38. The molecule has 4 aliphatic rings. The van der Waals surface area contributed by atoms with Crippen LogP contribution in [0.25, 0.3) is 0 Å². The molecule has 43 heavy (non-hydrogen) atoms. The van der Waals surface area contributed by atoms with E-state index in [1.807, 2.05) is 11.0 Å². The Morgan fingerprint density at radius 2 is 1.79 bits per heavy atom. The first-order valence-electron chi connectivity index (χ1n) is 15.4. The number of piperidine rings is 2. The van der Waals surface area contributed by atoms with E-state index in [-0.39, 0.29) is 42.4 Å². The molecule has 0 aliphatic carbocycles. The fourth-order valence-electron chi connectivity index (χ4n) is 7.28. The third-order valence-electron chi connectivity index (χ3n) is 9.29. The maximum atomic E-state index is 13.8. The van der Waals surface area contributed by atoms with E-state index in [0.717, 1.165) is 36.8 Å². The number of hydrogen-bond donors (Lipinski definition) is 1. The highest BCUT2D eigenvalue weighted by atomic mass is 16.7. The van der Waals surface area contributed by atoms with E-state index in [0.29, 0.717) is 80.4 Å². The molecule has 2 saturated heterocycles. The van der Waals surface area contributed by atoms with Gasteiger partial charge in [-0.1, -0.05) is 6.07 Å². The number of fused-ring (bicyclic) bond motifs is 7. The topological polar surface area (TPSA) is 107 Å². The van der Waals surface area contributed by atoms with Crippen LogP contribution in [-0.4, -0.2) is 80.8 Å². The average Bonchev–Trinajstić information content (AvgIpc) is 3.49. The summed E-state index contributed by atoms with van der Waals surface area (Å²) in [6.07, 6.45) is 5.35. The third kappa shape index (κ3) is 6.24. The zero-order chi connectivity index (χ0) is 29.9. The lowest BCUT2D eigenvalue weighted by Gasteiger charge is -2.51. The van der Waals surface area contributed by atoms with E-state index in [2.05, 4.69) is 16.3 Å². The van der Waals surface area contributed by atoms with Crippen LogP contribution in [-0.2, 0) is 22.4 Å². The molecule has 0 saturated carbocycles. The van der Waals surface area contributed by atoms with Crippen molar-refractivity contribution in [3.05, 3.63) is 47.0 Å². The van der Waals surface area contributed by atoms with Gasteiger partial charge < -0.3 is 34.1 Å². The summed E-state index contributed by atoms with van der Waals surface area (Å²) < 4.78 is 22.2. The van der Waals surface area contributed by atoms with Gasteiger partial charge in [0.1, 0.15) is 0 Å². The van der Waals surface area contributed by atoms with Crippen LogP contribution in [0.2, 0.25) is 0 Å². The van der Waals surface area contributed by atoms with Crippen molar-refractivity contribution in [1.29, 1.82) is 0 Å². The first-order valence-corrected chi connectivity index (χ1v) is 15.4. The molecule has 2 fully saturated rings. The second-order valence-electron chi connectivity index (χ2n) is 12.1. The highest BCUT2D eigenvalue weighted by Gasteiger charge is 2.43. The Kier molecular flexibility index (Phi) is 8.63. The lowest BCUT2D eigenvalue weighted by Crippen LogP contribution is -2.60. The van der Waals surface area contributed by atoms with Gasteiger partial charge in [-0.25, -0.2) is 0 Å². The Labute approximate surface area is 252 Å². The Morgan fingerprint density at radius 3 is 2.63 bits per heavy atom. The molecule has 230 valence electrons. The van der Waals surface area contributed by atoms with Gasteiger partial charge in [0.25, 0.3) is 5.91 Å². The Balaban J connectivity index is 1.21. The summed E-state index contributed by atoms with van der Waals surface area (Å²) in [7, 11) is 3.26. The monoisotopic (exact) mass is 591 g/mol. The number of nitrogens with zero attached hydrogens (tertiary/aromatic N) is 2. The molecule has 0 spiro atoms. The fourth-order valence-corrected chi connectivity index (χ4v) is 7.28. The maximum Gasteiger partial charge on any atom is 0.254 e. The minimum Gasteiger partial charge on any atom is -0.493 e. The number of rotatable bonds is 3. The molecule has 10 heteroatoms. The van der Waals surface area contributed by atoms with Gasteiger partial charge in [0, 0.05) is 50.6 Å². The molecule has 4 heterocycles.